The molecule has 0 N–H and O–H groups in total. The summed E-state index contributed by atoms with van der Waals surface area (Å²) >= 11 is 0. The van der Waals surface area contributed by atoms with Gasteiger partial charge in [-0.1, -0.05) is 0 Å². The van der Waals surface area contributed by atoms with Crippen LogP contribution in [-0.2, 0) is 0 Å². The summed E-state index contributed by atoms with van der Waals surface area (Å²) in [6, 6.07) is 0.745. The van der Waals surface area contributed by atoms with Gasteiger partial charge in [-0.15, -0.1) is 0 Å². The van der Waals surface area contributed by atoms with Crippen LogP contribution in [-0.4, -0.2) is 46.6 Å². The van der Waals surface area contributed by atoms with E-state index in [2.05, 4.69) is 58.3 Å². The first-order valence-corrected chi connectivity index (χ1v) is 7.08. The van der Waals surface area contributed by atoms with Crippen molar-refractivity contribution < 1.29 is 0 Å². The number of hydrogen-bond acceptors (Lipinski definition) is 2. The van der Waals surface area contributed by atoms with E-state index in [1.54, 1.807) is 0 Å². The molecule has 2 aliphatic rings. The van der Waals surface area contributed by atoms with Crippen molar-refractivity contribution in [1.29, 1.82) is 0 Å². The van der Waals surface area contributed by atoms with Gasteiger partial charge >= 0.3 is 0 Å². The van der Waals surface area contributed by atoms with Gasteiger partial charge in [-0.2, -0.15) is 0 Å². The molecule has 0 aromatic rings. The number of nitrogens with zero attached hydrogens (tertiary/aromatic N) is 2. The highest BCUT2D eigenvalue weighted by Crippen LogP contribution is 2.49. The molecule has 0 aliphatic carbocycles. The number of hydrogen-bond donors (Lipinski definition) is 0. The van der Waals surface area contributed by atoms with Gasteiger partial charge in [0.05, 0.1) is 0 Å². The molecule has 2 unspecified atom stereocenters. The normalized spacial score (nSPS) is 36.5. The Morgan fingerprint density at radius 2 is 1.53 bits per heavy atom. The van der Waals surface area contributed by atoms with E-state index in [0.29, 0.717) is 16.5 Å². The van der Waals surface area contributed by atoms with E-state index in [4.69, 9.17) is 0 Å². The Morgan fingerprint density at radius 3 is 1.88 bits per heavy atom. The fourth-order valence-corrected chi connectivity index (χ4v) is 3.58. The first-order valence-electron chi connectivity index (χ1n) is 7.08. The van der Waals surface area contributed by atoms with Crippen molar-refractivity contribution in [3.05, 3.63) is 0 Å². The monoisotopic (exact) mass is 238 g/mol. The third-order valence-electron chi connectivity index (χ3n) is 5.03. The summed E-state index contributed by atoms with van der Waals surface area (Å²) in [5.74, 6) is 0. The molecule has 2 aliphatic heterocycles. The van der Waals surface area contributed by atoms with Gasteiger partial charge in [0.2, 0.25) is 0 Å². The van der Waals surface area contributed by atoms with E-state index in [-0.39, 0.29) is 0 Å². The summed E-state index contributed by atoms with van der Waals surface area (Å²) < 4.78 is 0. The van der Waals surface area contributed by atoms with Crippen LogP contribution in [0.15, 0.2) is 0 Å². The average Bonchev–Trinajstić information content (AvgIpc) is 2.58. The summed E-state index contributed by atoms with van der Waals surface area (Å²) in [7, 11) is 0. The Bertz CT molecular complexity index is 285. The fraction of sp³-hybridized carbons (Fsp3) is 1.00. The van der Waals surface area contributed by atoms with Crippen LogP contribution in [0.25, 0.3) is 0 Å². The largest absolute Gasteiger partial charge is 0.298 e. The minimum absolute atomic E-state index is 0.333. The van der Waals surface area contributed by atoms with Gasteiger partial charge in [-0.05, 0) is 61.4 Å². The number of rotatable bonds is 0. The van der Waals surface area contributed by atoms with Crippen LogP contribution in [0.1, 0.15) is 54.9 Å². The van der Waals surface area contributed by atoms with Crippen molar-refractivity contribution in [2.24, 2.45) is 5.41 Å². The van der Waals surface area contributed by atoms with Gasteiger partial charge in [0.25, 0.3) is 0 Å². The lowest BCUT2D eigenvalue weighted by molar-refractivity contribution is -0.111. The zero-order valence-corrected chi connectivity index (χ0v) is 12.8. The van der Waals surface area contributed by atoms with Gasteiger partial charge in [0, 0.05) is 35.6 Å². The summed E-state index contributed by atoms with van der Waals surface area (Å²) in [6.07, 6.45) is 1.39. The van der Waals surface area contributed by atoms with Crippen molar-refractivity contribution in [2.75, 3.05) is 19.6 Å². The highest BCUT2D eigenvalue weighted by Gasteiger charge is 2.56. The number of likely N-dealkylation sites (tertiary alicyclic amines) is 2. The van der Waals surface area contributed by atoms with Crippen LogP contribution in [0.5, 0.6) is 0 Å². The van der Waals surface area contributed by atoms with Gasteiger partial charge in [-0.25, -0.2) is 0 Å². The van der Waals surface area contributed by atoms with Crippen LogP contribution >= 0.6 is 0 Å². The molecule has 2 heteroatoms. The zero-order valence-electron chi connectivity index (χ0n) is 12.8. The molecule has 2 fully saturated rings. The summed E-state index contributed by atoms with van der Waals surface area (Å²) in [5.41, 5.74) is 1.26. The smallest absolute Gasteiger partial charge is 0.0154 e. The zero-order chi connectivity index (χ0) is 13.1. The Hall–Kier alpha value is -0.0800. The highest BCUT2D eigenvalue weighted by atomic mass is 15.3. The fourth-order valence-electron chi connectivity index (χ4n) is 3.58. The second kappa shape index (κ2) is 3.71. The molecule has 2 nitrogen and oxygen atoms in total. The molecule has 17 heavy (non-hydrogen) atoms. The molecule has 1 spiro atoms. The molecular weight excluding hydrogens is 208 g/mol. The predicted molar refractivity (Wildman–Crippen MR) is 74.3 cm³/mol. The summed E-state index contributed by atoms with van der Waals surface area (Å²) in [5, 5.41) is 0. The van der Waals surface area contributed by atoms with E-state index < -0.39 is 0 Å². The molecule has 0 saturated carbocycles. The Labute approximate surface area is 107 Å². The molecule has 0 bridgehead atoms. The lowest BCUT2D eigenvalue weighted by Gasteiger charge is -2.60. The Kier molecular flexibility index (Phi) is 2.91. The molecule has 0 amide bonds. The van der Waals surface area contributed by atoms with Gasteiger partial charge < -0.3 is 0 Å². The van der Waals surface area contributed by atoms with Crippen molar-refractivity contribution >= 4 is 0 Å². The van der Waals surface area contributed by atoms with Crippen LogP contribution in [0.2, 0.25) is 0 Å². The molecule has 2 atom stereocenters. The molecule has 0 radical (unpaired) electrons. The van der Waals surface area contributed by atoms with E-state index in [0.717, 1.165) is 6.04 Å². The third-order valence-corrected chi connectivity index (χ3v) is 5.03. The molecule has 2 rings (SSSR count). The lowest BCUT2D eigenvalue weighted by atomic mass is 9.69. The van der Waals surface area contributed by atoms with E-state index in [9.17, 15) is 0 Å². The van der Waals surface area contributed by atoms with Crippen molar-refractivity contribution in [1.82, 2.24) is 9.80 Å². The maximum atomic E-state index is 2.67. The molecule has 0 aromatic carbocycles. The standard InChI is InChI=1S/C15H30N2/c1-12-15(11-17(12)14(5,6)7)8-9-16(10-15)13(2,3)4/h12H,8-11H2,1-7H3. The van der Waals surface area contributed by atoms with Gasteiger partial charge in [-0.3, -0.25) is 9.80 Å². The van der Waals surface area contributed by atoms with Crippen LogP contribution in [0, 0.1) is 5.41 Å². The topological polar surface area (TPSA) is 6.48 Å². The predicted octanol–water partition coefficient (Wildman–Crippen LogP) is 2.98. The first kappa shape index (κ1) is 13.4. The lowest BCUT2D eigenvalue weighted by Crippen LogP contribution is -2.69. The third kappa shape index (κ3) is 2.15. The van der Waals surface area contributed by atoms with E-state index >= 15 is 0 Å². The molecule has 0 aromatic heterocycles. The average molecular weight is 238 g/mol. The van der Waals surface area contributed by atoms with Crippen LogP contribution in [0.3, 0.4) is 0 Å². The first-order chi connectivity index (χ1) is 7.56. The van der Waals surface area contributed by atoms with Crippen molar-refractivity contribution in [3.8, 4) is 0 Å². The SMILES string of the molecule is CC1N(C(C)(C)C)CC12CCN(C(C)(C)C)C2. The van der Waals surface area contributed by atoms with Crippen molar-refractivity contribution in [2.45, 2.75) is 72.0 Å². The molecule has 100 valence electrons. The quantitative estimate of drug-likeness (QED) is 0.640. The summed E-state index contributed by atoms with van der Waals surface area (Å²) in [6.45, 7) is 20.4. The maximum Gasteiger partial charge on any atom is 0.0154 e. The second-order valence-electron chi connectivity index (χ2n) is 8.18. The van der Waals surface area contributed by atoms with Gasteiger partial charge in [0.1, 0.15) is 0 Å². The Balaban J connectivity index is 2.03. The van der Waals surface area contributed by atoms with Crippen LogP contribution < -0.4 is 0 Å². The summed E-state index contributed by atoms with van der Waals surface area (Å²) in [4.78, 5) is 5.34. The maximum absolute atomic E-state index is 2.67. The van der Waals surface area contributed by atoms with E-state index in [1.165, 1.54) is 26.1 Å². The minimum atomic E-state index is 0.333. The molecular formula is C15H30N2. The van der Waals surface area contributed by atoms with Gasteiger partial charge in [0.15, 0.2) is 0 Å². The van der Waals surface area contributed by atoms with E-state index in [1.807, 2.05) is 0 Å². The molecule has 2 saturated heterocycles. The van der Waals surface area contributed by atoms with Crippen molar-refractivity contribution in [3.63, 3.8) is 0 Å². The Morgan fingerprint density at radius 1 is 0.941 bits per heavy atom. The minimum Gasteiger partial charge on any atom is -0.298 e. The highest BCUT2D eigenvalue weighted by molar-refractivity contribution is 5.10. The molecule has 2 heterocycles. The van der Waals surface area contributed by atoms with Crippen LogP contribution in [0.4, 0.5) is 0 Å². The second-order valence-corrected chi connectivity index (χ2v) is 8.18.